The number of benzene rings is 1. The molecule has 2 aliphatic carbocycles. The van der Waals surface area contributed by atoms with Crippen molar-refractivity contribution >= 4 is 0 Å². The van der Waals surface area contributed by atoms with Crippen LogP contribution in [0.4, 0.5) is 22.0 Å². The first-order valence-corrected chi connectivity index (χ1v) is 14.0. The summed E-state index contributed by atoms with van der Waals surface area (Å²) in [4.78, 5) is 0. The lowest BCUT2D eigenvalue weighted by molar-refractivity contribution is -0.142. The molecule has 198 valence electrons. The second-order valence-corrected chi connectivity index (χ2v) is 11.1. The smallest absolute Gasteiger partial charge is 0.206 e. The van der Waals surface area contributed by atoms with Gasteiger partial charge in [0.05, 0.1) is 0 Å². The van der Waals surface area contributed by atoms with Gasteiger partial charge in [0.2, 0.25) is 0 Å². The first-order valence-electron chi connectivity index (χ1n) is 14.0. The van der Waals surface area contributed by atoms with Crippen LogP contribution >= 0.6 is 0 Å². The highest BCUT2D eigenvalue weighted by atomic mass is 19.4. The molecule has 35 heavy (non-hydrogen) atoms. The Bertz CT molecular complexity index is 757. The van der Waals surface area contributed by atoms with Gasteiger partial charge < -0.3 is 0 Å². The van der Waals surface area contributed by atoms with E-state index in [0.717, 1.165) is 49.1 Å². The number of hydrogen-bond donors (Lipinski definition) is 0. The van der Waals surface area contributed by atoms with Crippen molar-refractivity contribution in [3.05, 3.63) is 47.0 Å². The molecule has 5 heteroatoms. The summed E-state index contributed by atoms with van der Waals surface area (Å²) in [5.41, 5.74) is -1.46. The zero-order valence-corrected chi connectivity index (χ0v) is 21.3. The van der Waals surface area contributed by atoms with Gasteiger partial charge >= 0.3 is 6.18 Å². The zero-order valence-electron chi connectivity index (χ0n) is 21.3. The standard InChI is InChI=1S/C30H43F5/c1-2-3-4-5-6-7-8-9-22-12-16-25(17-13-22)26-18-14-23(15-19-26)10-11-24-20-27(31)29(28(32)21-24)30(33,34)35/h4-5,20-23,25-26H,2-3,6-19H2,1H3/b5-4+. The molecule has 0 aliphatic heterocycles. The Morgan fingerprint density at radius 1 is 0.743 bits per heavy atom. The van der Waals surface area contributed by atoms with Gasteiger partial charge in [0.1, 0.15) is 17.2 Å². The van der Waals surface area contributed by atoms with Crippen LogP contribution in [-0.2, 0) is 12.6 Å². The molecule has 0 unspecified atom stereocenters. The molecule has 0 N–H and O–H groups in total. The van der Waals surface area contributed by atoms with E-state index in [-0.39, 0.29) is 0 Å². The number of alkyl halides is 3. The molecule has 2 fully saturated rings. The molecule has 0 aromatic heterocycles. The fourth-order valence-corrected chi connectivity index (χ4v) is 6.41. The van der Waals surface area contributed by atoms with Crippen LogP contribution in [0.1, 0.15) is 114 Å². The van der Waals surface area contributed by atoms with E-state index in [1.54, 1.807) is 0 Å². The fourth-order valence-electron chi connectivity index (χ4n) is 6.41. The van der Waals surface area contributed by atoms with Gasteiger partial charge in [-0.2, -0.15) is 13.2 Å². The molecular weight excluding hydrogens is 455 g/mol. The third kappa shape index (κ3) is 8.89. The van der Waals surface area contributed by atoms with Gasteiger partial charge in [-0.25, -0.2) is 8.78 Å². The normalized spacial score (nSPS) is 25.9. The van der Waals surface area contributed by atoms with Crippen LogP contribution in [0.25, 0.3) is 0 Å². The minimum absolute atomic E-state index is 0.324. The van der Waals surface area contributed by atoms with Crippen LogP contribution in [0.5, 0.6) is 0 Å². The summed E-state index contributed by atoms with van der Waals surface area (Å²) in [5, 5.41) is 0. The molecule has 0 atom stereocenters. The maximum Gasteiger partial charge on any atom is 0.422 e. The van der Waals surface area contributed by atoms with Crippen LogP contribution in [0.2, 0.25) is 0 Å². The van der Waals surface area contributed by atoms with Gasteiger partial charge in [-0.3, -0.25) is 0 Å². The van der Waals surface area contributed by atoms with Gasteiger partial charge in [0.25, 0.3) is 0 Å². The Hall–Kier alpha value is -1.39. The van der Waals surface area contributed by atoms with Crippen molar-refractivity contribution in [2.24, 2.45) is 23.7 Å². The summed E-state index contributed by atoms with van der Waals surface area (Å²) < 4.78 is 66.0. The average molecular weight is 499 g/mol. The topological polar surface area (TPSA) is 0 Å². The lowest BCUT2D eigenvalue weighted by Gasteiger charge is -2.38. The number of rotatable bonds is 11. The van der Waals surface area contributed by atoms with Crippen molar-refractivity contribution in [1.29, 1.82) is 0 Å². The largest absolute Gasteiger partial charge is 0.422 e. The van der Waals surface area contributed by atoms with E-state index in [1.165, 1.54) is 77.0 Å². The Kier molecular flexibility index (Phi) is 11.1. The molecule has 0 saturated heterocycles. The summed E-state index contributed by atoms with van der Waals surface area (Å²) in [6.07, 6.45) is 18.7. The van der Waals surface area contributed by atoms with Crippen molar-refractivity contribution in [2.75, 3.05) is 0 Å². The lowest BCUT2D eigenvalue weighted by atomic mass is 9.68. The third-order valence-electron chi connectivity index (χ3n) is 8.53. The van der Waals surface area contributed by atoms with E-state index in [9.17, 15) is 22.0 Å². The maximum atomic E-state index is 13.8. The summed E-state index contributed by atoms with van der Waals surface area (Å²) in [6.45, 7) is 2.21. The van der Waals surface area contributed by atoms with Crippen molar-refractivity contribution in [3.8, 4) is 0 Å². The highest BCUT2D eigenvalue weighted by molar-refractivity contribution is 5.28. The number of aryl methyl sites for hydroxylation is 1. The Morgan fingerprint density at radius 2 is 1.26 bits per heavy atom. The van der Waals surface area contributed by atoms with Crippen LogP contribution in [0.3, 0.4) is 0 Å². The van der Waals surface area contributed by atoms with E-state index in [4.69, 9.17) is 0 Å². The minimum atomic E-state index is -5.00. The summed E-state index contributed by atoms with van der Waals surface area (Å²) in [5.74, 6) is 0.0551. The second-order valence-electron chi connectivity index (χ2n) is 11.1. The molecule has 0 nitrogen and oxygen atoms in total. The molecule has 0 amide bonds. The Labute approximate surface area is 208 Å². The van der Waals surface area contributed by atoms with Gasteiger partial charge in [0.15, 0.2) is 0 Å². The molecule has 2 saturated carbocycles. The van der Waals surface area contributed by atoms with Crippen LogP contribution in [0.15, 0.2) is 24.3 Å². The molecular formula is C30H43F5. The maximum absolute atomic E-state index is 13.8. The molecule has 0 radical (unpaired) electrons. The Balaban J connectivity index is 1.32. The van der Waals surface area contributed by atoms with Gasteiger partial charge in [-0.05, 0) is 99.2 Å². The van der Waals surface area contributed by atoms with Crippen LogP contribution < -0.4 is 0 Å². The number of halogens is 5. The number of allylic oxidation sites excluding steroid dienone is 2. The monoisotopic (exact) mass is 498 g/mol. The molecule has 1 aromatic rings. The first-order chi connectivity index (χ1) is 16.8. The van der Waals surface area contributed by atoms with Crippen LogP contribution in [0, 0.1) is 35.3 Å². The highest BCUT2D eigenvalue weighted by Gasteiger charge is 2.38. The summed E-state index contributed by atoms with van der Waals surface area (Å²) in [6, 6.07) is 1.72. The van der Waals surface area contributed by atoms with Gasteiger partial charge in [-0.15, -0.1) is 0 Å². The van der Waals surface area contributed by atoms with E-state index in [2.05, 4.69) is 19.1 Å². The average Bonchev–Trinajstić information content (AvgIpc) is 2.82. The van der Waals surface area contributed by atoms with Gasteiger partial charge in [0, 0.05) is 0 Å². The van der Waals surface area contributed by atoms with Crippen LogP contribution in [-0.4, -0.2) is 0 Å². The SMILES string of the molecule is CCC/C=C/CCCCC1CCC(C2CCC(CCc3cc(F)c(C(F)(F)F)c(F)c3)CC2)CC1. The predicted octanol–water partition coefficient (Wildman–Crippen LogP) is 10.4. The molecule has 0 bridgehead atoms. The van der Waals surface area contributed by atoms with E-state index in [1.807, 2.05) is 0 Å². The Morgan fingerprint density at radius 3 is 1.77 bits per heavy atom. The minimum Gasteiger partial charge on any atom is -0.206 e. The fraction of sp³-hybridized carbons (Fsp3) is 0.733. The zero-order chi connectivity index (χ0) is 25.3. The summed E-state index contributed by atoms with van der Waals surface area (Å²) in [7, 11) is 0. The van der Waals surface area contributed by atoms with E-state index in [0.29, 0.717) is 17.9 Å². The summed E-state index contributed by atoms with van der Waals surface area (Å²) >= 11 is 0. The molecule has 3 rings (SSSR count). The van der Waals surface area contributed by atoms with Crippen molar-refractivity contribution < 1.29 is 22.0 Å². The number of hydrogen-bond acceptors (Lipinski definition) is 0. The second kappa shape index (κ2) is 13.8. The van der Waals surface area contributed by atoms with Crippen molar-refractivity contribution in [3.63, 3.8) is 0 Å². The van der Waals surface area contributed by atoms with E-state index < -0.39 is 23.4 Å². The lowest BCUT2D eigenvalue weighted by Crippen LogP contribution is -2.26. The molecule has 0 spiro atoms. The van der Waals surface area contributed by atoms with E-state index >= 15 is 0 Å². The van der Waals surface area contributed by atoms with Crippen molar-refractivity contribution in [2.45, 2.75) is 116 Å². The molecule has 0 heterocycles. The van der Waals surface area contributed by atoms with Gasteiger partial charge in [-0.1, -0.05) is 64.0 Å². The number of unbranched alkanes of at least 4 members (excludes halogenated alkanes) is 3. The third-order valence-corrected chi connectivity index (χ3v) is 8.53. The quantitative estimate of drug-likeness (QED) is 0.162. The highest BCUT2D eigenvalue weighted by Crippen LogP contribution is 2.43. The molecule has 1 aromatic carbocycles. The first kappa shape index (κ1) is 28.2. The van der Waals surface area contributed by atoms with Crippen molar-refractivity contribution in [1.82, 2.24) is 0 Å². The predicted molar refractivity (Wildman–Crippen MR) is 133 cm³/mol. The molecule has 2 aliphatic rings.